The highest BCUT2D eigenvalue weighted by molar-refractivity contribution is 8.01. The molecule has 5 rings (SSSR count). The van der Waals surface area contributed by atoms with E-state index in [9.17, 15) is 9.59 Å². The van der Waals surface area contributed by atoms with Crippen LogP contribution in [-0.4, -0.2) is 29.2 Å². The predicted octanol–water partition coefficient (Wildman–Crippen LogP) is 4.92. The Morgan fingerprint density at radius 2 is 1.80 bits per heavy atom. The van der Waals surface area contributed by atoms with Crippen LogP contribution in [0.2, 0.25) is 0 Å². The molecule has 2 aliphatic rings. The zero-order chi connectivity index (χ0) is 21.0. The summed E-state index contributed by atoms with van der Waals surface area (Å²) in [6, 6.07) is 15.2. The zero-order valence-corrected chi connectivity index (χ0v) is 18.7. The number of nitrogens with zero attached hydrogens (tertiary/aromatic N) is 1. The average molecular weight is 455 g/mol. The molecule has 3 unspecified atom stereocenters. The van der Waals surface area contributed by atoms with Crippen molar-refractivity contribution in [2.45, 2.75) is 23.1 Å². The maximum Gasteiger partial charge on any atom is 0.248 e. The maximum absolute atomic E-state index is 13.7. The number of hydrogen-bond donors (Lipinski definition) is 1. The SMILES string of the molecule is COc1ccc(C2c3sc(=S)[nH]c3SC3C(=O)N(c4ccccc4C)C(=O)C32)cc1. The number of rotatable bonds is 3. The van der Waals surface area contributed by atoms with E-state index in [1.54, 1.807) is 7.11 Å². The van der Waals surface area contributed by atoms with Crippen molar-refractivity contribution in [3.63, 3.8) is 0 Å². The number of aromatic nitrogens is 1. The number of H-pyrrole nitrogens is 1. The molecule has 2 aromatic carbocycles. The summed E-state index contributed by atoms with van der Waals surface area (Å²) in [7, 11) is 1.62. The lowest BCUT2D eigenvalue weighted by molar-refractivity contribution is -0.122. The second-order valence-electron chi connectivity index (χ2n) is 7.32. The summed E-state index contributed by atoms with van der Waals surface area (Å²) in [6.45, 7) is 1.92. The predicted molar refractivity (Wildman–Crippen MR) is 121 cm³/mol. The number of nitrogens with one attached hydrogen (secondary N) is 1. The molecule has 30 heavy (non-hydrogen) atoms. The van der Waals surface area contributed by atoms with Crippen molar-refractivity contribution in [3.8, 4) is 5.75 Å². The number of thiazole rings is 1. The highest BCUT2D eigenvalue weighted by Crippen LogP contribution is 2.54. The summed E-state index contributed by atoms with van der Waals surface area (Å²) in [5.41, 5.74) is 2.54. The van der Waals surface area contributed by atoms with Crippen LogP contribution in [0.25, 0.3) is 0 Å². The number of fused-ring (bicyclic) bond motifs is 2. The number of carbonyl (C=O) groups is 2. The van der Waals surface area contributed by atoms with Crippen LogP contribution in [0.1, 0.15) is 21.9 Å². The molecule has 0 bridgehead atoms. The molecular formula is C22H18N2O3S3. The Labute approximate surface area is 187 Å². The molecule has 3 heterocycles. The van der Waals surface area contributed by atoms with Gasteiger partial charge >= 0.3 is 0 Å². The molecule has 1 saturated heterocycles. The van der Waals surface area contributed by atoms with Gasteiger partial charge in [-0.05, 0) is 48.5 Å². The third-order valence-corrected chi connectivity index (χ3v) is 8.41. The van der Waals surface area contributed by atoms with Gasteiger partial charge in [-0.2, -0.15) is 0 Å². The second kappa shape index (κ2) is 7.37. The number of methoxy groups -OCH3 is 1. The van der Waals surface area contributed by atoms with Crippen molar-refractivity contribution >= 4 is 52.8 Å². The fourth-order valence-electron chi connectivity index (χ4n) is 4.24. The number of para-hydroxylation sites is 1. The van der Waals surface area contributed by atoms with Crippen LogP contribution < -0.4 is 9.64 Å². The van der Waals surface area contributed by atoms with Crippen LogP contribution in [0.3, 0.4) is 0 Å². The molecule has 0 radical (unpaired) electrons. The lowest BCUT2D eigenvalue weighted by Gasteiger charge is -2.30. The van der Waals surface area contributed by atoms with Gasteiger partial charge in [0.1, 0.15) is 11.0 Å². The van der Waals surface area contributed by atoms with Crippen LogP contribution in [0.5, 0.6) is 5.75 Å². The summed E-state index contributed by atoms with van der Waals surface area (Å²) in [4.78, 5) is 32.7. The zero-order valence-electron chi connectivity index (χ0n) is 16.2. The fourth-order valence-corrected chi connectivity index (χ4v) is 7.20. The number of ether oxygens (including phenoxy) is 1. The lowest BCUT2D eigenvalue weighted by Crippen LogP contribution is -2.32. The molecule has 0 saturated carbocycles. The molecule has 1 fully saturated rings. The quantitative estimate of drug-likeness (QED) is 0.450. The van der Waals surface area contributed by atoms with Crippen LogP contribution >= 0.6 is 35.3 Å². The van der Waals surface area contributed by atoms with Gasteiger partial charge in [-0.1, -0.05) is 42.1 Å². The van der Waals surface area contributed by atoms with Gasteiger partial charge in [0, 0.05) is 10.8 Å². The average Bonchev–Trinajstić information content (AvgIpc) is 3.24. The molecule has 1 aromatic heterocycles. The second-order valence-corrected chi connectivity index (χ2v) is 10.2. The van der Waals surface area contributed by atoms with E-state index in [4.69, 9.17) is 17.0 Å². The molecule has 8 heteroatoms. The smallest absolute Gasteiger partial charge is 0.248 e. The van der Waals surface area contributed by atoms with Gasteiger partial charge in [0.2, 0.25) is 11.8 Å². The van der Waals surface area contributed by atoms with Crippen LogP contribution in [0.15, 0.2) is 53.6 Å². The van der Waals surface area contributed by atoms with E-state index in [0.29, 0.717) is 9.64 Å². The molecule has 0 aliphatic carbocycles. The summed E-state index contributed by atoms with van der Waals surface area (Å²) in [6.07, 6.45) is 0. The van der Waals surface area contributed by atoms with E-state index in [1.165, 1.54) is 28.0 Å². The van der Waals surface area contributed by atoms with Crippen molar-refractivity contribution in [2.75, 3.05) is 12.0 Å². The van der Waals surface area contributed by atoms with Gasteiger partial charge < -0.3 is 9.72 Å². The van der Waals surface area contributed by atoms with E-state index in [2.05, 4.69) is 4.98 Å². The number of carbonyl (C=O) groups excluding carboxylic acids is 2. The van der Waals surface area contributed by atoms with Crippen molar-refractivity contribution in [1.29, 1.82) is 0 Å². The Bertz CT molecular complexity index is 1210. The van der Waals surface area contributed by atoms with E-state index < -0.39 is 11.2 Å². The van der Waals surface area contributed by atoms with Crippen LogP contribution in [0.4, 0.5) is 5.69 Å². The summed E-state index contributed by atoms with van der Waals surface area (Å²) >= 11 is 8.28. The highest BCUT2D eigenvalue weighted by Gasteiger charge is 2.56. The Kier molecular flexibility index (Phi) is 4.80. The van der Waals surface area contributed by atoms with Crippen molar-refractivity contribution < 1.29 is 14.3 Å². The minimum atomic E-state index is -0.489. The van der Waals surface area contributed by atoms with E-state index in [0.717, 1.165) is 26.8 Å². The molecule has 152 valence electrons. The number of hydrogen-bond acceptors (Lipinski definition) is 6. The van der Waals surface area contributed by atoms with E-state index in [-0.39, 0.29) is 17.7 Å². The van der Waals surface area contributed by atoms with Gasteiger partial charge in [-0.15, -0.1) is 11.3 Å². The minimum absolute atomic E-state index is 0.155. The molecule has 5 nitrogen and oxygen atoms in total. The van der Waals surface area contributed by atoms with Crippen molar-refractivity contribution in [3.05, 3.63) is 68.5 Å². The summed E-state index contributed by atoms with van der Waals surface area (Å²) < 4.78 is 5.94. The molecule has 1 N–H and O–H groups in total. The van der Waals surface area contributed by atoms with Gasteiger partial charge in [0.05, 0.1) is 23.7 Å². The third-order valence-electron chi connectivity index (χ3n) is 5.66. The normalized spacial score (nSPS) is 22.7. The highest BCUT2D eigenvalue weighted by atomic mass is 32.2. The first-order valence-corrected chi connectivity index (χ1v) is 11.6. The molecule has 2 amide bonds. The monoisotopic (exact) mass is 454 g/mol. The van der Waals surface area contributed by atoms with E-state index in [1.807, 2.05) is 55.5 Å². The van der Waals surface area contributed by atoms with Crippen molar-refractivity contribution in [1.82, 2.24) is 4.98 Å². The fraction of sp³-hybridized carbons (Fsp3) is 0.227. The number of amides is 2. The number of aromatic amines is 1. The number of aryl methyl sites for hydroxylation is 1. The molecule has 2 aliphatic heterocycles. The molecular weight excluding hydrogens is 436 g/mol. The molecule has 3 atom stereocenters. The maximum atomic E-state index is 13.7. The van der Waals surface area contributed by atoms with Gasteiger partial charge in [-0.3, -0.25) is 9.59 Å². The molecule has 0 spiro atoms. The van der Waals surface area contributed by atoms with Gasteiger partial charge in [0.25, 0.3) is 0 Å². The number of thioether (sulfide) groups is 1. The summed E-state index contributed by atoms with van der Waals surface area (Å²) in [5, 5.41) is 0.400. The number of benzene rings is 2. The Hall–Kier alpha value is -2.42. The van der Waals surface area contributed by atoms with Gasteiger partial charge in [0.15, 0.2) is 3.95 Å². The first-order valence-electron chi connectivity index (χ1n) is 9.46. The topological polar surface area (TPSA) is 62.4 Å². The van der Waals surface area contributed by atoms with Crippen LogP contribution in [0, 0.1) is 16.8 Å². The standard InChI is InChI=1S/C22H18N2O3S3/c1-11-5-3-4-6-14(11)24-20(25)16-15(12-7-9-13(27-2)10-8-12)17-19(23-22(28)30-17)29-18(16)21(24)26/h3-10,15-16,18H,1-2H3,(H,23,28). The summed E-state index contributed by atoms with van der Waals surface area (Å²) in [5.74, 6) is -0.292. The van der Waals surface area contributed by atoms with E-state index >= 15 is 0 Å². The first-order chi connectivity index (χ1) is 14.5. The number of imide groups is 1. The first kappa shape index (κ1) is 19.5. The lowest BCUT2D eigenvalue weighted by atomic mass is 9.83. The van der Waals surface area contributed by atoms with Gasteiger partial charge in [-0.25, -0.2) is 4.90 Å². The Morgan fingerprint density at radius 3 is 2.50 bits per heavy atom. The van der Waals surface area contributed by atoms with Crippen molar-refractivity contribution in [2.24, 2.45) is 5.92 Å². The Balaban J connectivity index is 1.65. The number of anilines is 1. The molecule has 3 aromatic rings. The minimum Gasteiger partial charge on any atom is -0.497 e. The van der Waals surface area contributed by atoms with Crippen LogP contribution in [-0.2, 0) is 9.59 Å². The third kappa shape index (κ3) is 2.93. The largest absolute Gasteiger partial charge is 0.497 e. The Morgan fingerprint density at radius 1 is 1.07 bits per heavy atom.